The predicted octanol–water partition coefficient (Wildman–Crippen LogP) is 2.25. The standard InChI is InChI=1S/C9H16F3NO/c1-7(2)8-3-4-13(8)5-6-14-9(10,11)12/h7-8H,3-6H2,1-2H3/t8-/m0/s1. The average molecular weight is 211 g/mol. The topological polar surface area (TPSA) is 12.5 Å². The van der Waals surface area contributed by atoms with Crippen LogP contribution in [0, 0.1) is 5.92 Å². The van der Waals surface area contributed by atoms with Crippen LogP contribution in [0.25, 0.3) is 0 Å². The highest BCUT2D eigenvalue weighted by Gasteiger charge is 2.32. The number of hydrogen-bond acceptors (Lipinski definition) is 2. The zero-order valence-electron chi connectivity index (χ0n) is 8.47. The van der Waals surface area contributed by atoms with E-state index in [1.54, 1.807) is 0 Å². The lowest BCUT2D eigenvalue weighted by Gasteiger charge is -2.43. The summed E-state index contributed by atoms with van der Waals surface area (Å²) < 4.78 is 38.7. The summed E-state index contributed by atoms with van der Waals surface area (Å²) in [6, 6.07) is 0.437. The lowest BCUT2D eigenvalue weighted by Crippen LogP contribution is -2.51. The van der Waals surface area contributed by atoms with E-state index in [9.17, 15) is 13.2 Å². The molecule has 0 aromatic heterocycles. The van der Waals surface area contributed by atoms with Gasteiger partial charge in [0.15, 0.2) is 0 Å². The van der Waals surface area contributed by atoms with Gasteiger partial charge in [-0.2, -0.15) is 0 Å². The van der Waals surface area contributed by atoms with E-state index in [0.29, 0.717) is 18.5 Å². The fourth-order valence-electron chi connectivity index (χ4n) is 1.77. The molecule has 0 spiro atoms. The molecule has 84 valence electrons. The van der Waals surface area contributed by atoms with E-state index in [1.807, 2.05) is 4.90 Å². The predicted molar refractivity (Wildman–Crippen MR) is 46.8 cm³/mol. The third-order valence-electron chi connectivity index (χ3n) is 2.59. The van der Waals surface area contributed by atoms with Gasteiger partial charge < -0.3 is 0 Å². The van der Waals surface area contributed by atoms with Gasteiger partial charge in [-0.05, 0) is 12.3 Å². The number of ether oxygens (including phenoxy) is 1. The quantitative estimate of drug-likeness (QED) is 0.707. The smallest absolute Gasteiger partial charge is 0.298 e. The molecule has 0 radical (unpaired) electrons. The molecular formula is C9H16F3NO. The molecule has 0 bridgehead atoms. The van der Waals surface area contributed by atoms with Gasteiger partial charge in [0.25, 0.3) is 0 Å². The maximum atomic E-state index is 11.6. The summed E-state index contributed by atoms with van der Waals surface area (Å²) in [4.78, 5) is 2.04. The normalized spacial score (nSPS) is 24.0. The molecule has 1 rings (SSSR count). The van der Waals surface area contributed by atoms with Crippen LogP contribution in [0.2, 0.25) is 0 Å². The van der Waals surface area contributed by atoms with Crippen LogP contribution in [0.4, 0.5) is 13.2 Å². The summed E-state index contributed by atoms with van der Waals surface area (Å²) in [5, 5.41) is 0. The van der Waals surface area contributed by atoms with Crippen molar-refractivity contribution in [3.05, 3.63) is 0 Å². The Morgan fingerprint density at radius 3 is 2.43 bits per heavy atom. The Bertz CT molecular complexity index is 181. The fourth-order valence-corrected chi connectivity index (χ4v) is 1.77. The Labute approximate surface area is 82.0 Å². The molecule has 1 heterocycles. The first-order valence-electron chi connectivity index (χ1n) is 4.85. The molecule has 1 aliphatic rings. The highest BCUT2D eigenvalue weighted by molar-refractivity contribution is 4.84. The molecule has 1 saturated heterocycles. The summed E-state index contributed by atoms with van der Waals surface area (Å²) in [6.45, 7) is 5.18. The van der Waals surface area contributed by atoms with Gasteiger partial charge in [-0.25, -0.2) is 0 Å². The molecule has 0 aromatic rings. The van der Waals surface area contributed by atoms with Crippen LogP contribution in [0.15, 0.2) is 0 Å². The molecule has 2 nitrogen and oxygen atoms in total. The summed E-state index contributed by atoms with van der Waals surface area (Å²) in [7, 11) is 0. The monoisotopic (exact) mass is 211 g/mol. The molecule has 0 amide bonds. The minimum atomic E-state index is -4.49. The van der Waals surface area contributed by atoms with E-state index in [4.69, 9.17) is 0 Å². The molecule has 0 saturated carbocycles. The van der Waals surface area contributed by atoms with Crippen LogP contribution in [0.5, 0.6) is 0 Å². The van der Waals surface area contributed by atoms with Crippen LogP contribution in [-0.2, 0) is 4.74 Å². The fraction of sp³-hybridized carbons (Fsp3) is 1.00. The number of alkyl halides is 3. The first kappa shape index (κ1) is 11.8. The minimum Gasteiger partial charge on any atom is -0.298 e. The van der Waals surface area contributed by atoms with Crippen molar-refractivity contribution >= 4 is 0 Å². The Morgan fingerprint density at radius 2 is 2.07 bits per heavy atom. The number of rotatable bonds is 4. The SMILES string of the molecule is CC(C)[C@@H]1CCN1CCOC(F)(F)F. The van der Waals surface area contributed by atoms with Crippen molar-refractivity contribution in [2.45, 2.75) is 32.7 Å². The van der Waals surface area contributed by atoms with Crippen molar-refractivity contribution < 1.29 is 17.9 Å². The van der Waals surface area contributed by atoms with Gasteiger partial charge in [0, 0.05) is 19.1 Å². The maximum Gasteiger partial charge on any atom is 0.522 e. The minimum absolute atomic E-state index is 0.257. The lowest BCUT2D eigenvalue weighted by molar-refractivity contribution is -0.325. The molecule has 14 heavy (non-hydrogen) atoms. The molecule has 1 fully saturated rings. The van der Waals surface area contributed by atoms with Gasteiger partial charge in [0.2, 0.25) is 0 Å². The number of halogens is 3. The third-order valence-corrected chi connectivity index (χ3v) is 2.59. The van der Waals surface area contributed by atoms with Crippen LogP contribution in [0.3, 0.4) is 0 Å². The van der Waals surface area contributed by atoms with Crippen LogP contribution in [-0.4, -0.2) is 37.0 Å². The maximum absolute atomic E-state index is 11.6. The molecular weight excluding hydrogens is 195 g/mol. The van der Waals surface area contributed by atoms with Gasteiger partial charge in [-0.1, -0.05) is 13.8 Å². The van der Waals surface area contributed by atoms with E-state index >= 15 is 0 Å². The second kappa shape index (κ2) is 4.49. The van der Waals surface area contributed by atoms with Crippen molar-refractivity contribution in [2.75, 3.05) is 19.7 Å². The van der Waals surface area contributed by atoms with Crippen molar-refractivity contribution in [2.24, 2.45) is 5.92 Å². The van der Waals surface area contributed by atoms with Gasteiger partial charge in [0.1, 0.15) is 0 Å². The summed E-state index contributed by atoms with van der Waals surface area (Å²) in [6.07, 6.45) is -3.40. The molecule has 1 atom stereocenters. The van der Waals surface area contributed by atoms with Crippen molar-refractivity contribution in [1.29, 1.82) is 0 Å². The number of hydrogen-bond donors (Lipinski definition) is 0. The number of nitrogens with zero attached hydrogens (tertiary/aromatic N) is 1. The van der Waals surface area contributed by atoms with Crippen LogP contribution < -0.4 is 0 Å². The van der Waals surface area contributed by atoms with E-state index in [0.717, 1.165) is 13.0 Å². The number of likely N-dealkylation sites (tertiary alicyclic amines) is 1. The van der Waals surface area contributed by atoms with Gasteiger partial charge in [0.05, 0.1) is 6.61 Å². The van der Waals surface area contributed by atoms with Crippen molar-refractivity contribution in [3.8, 4) is 0 Å². The first-order valence-corrected chi connectivity index (χ1v) is 4.85. The van der Waals surface area contributed by atoms with Gasteiger partial charge in [-0.15, -0.1) is 13.2 Å². The molecule has 1 aliphatic heterocycles. The second-order valence-corrected chi connectivity index (χ2v) is 3.93. The molecule has 5 heteroatoms. The Hall–Kier alpha value is -0.290. The highest BCUT2D eigenvalue weighted by Crippen LogP contribution is 2.24. The summed E-state index contributed by atoms with van der Waals surface area (Å²) in [5.41, 5.74) is 0. The zero-order valence-corrected chi connectivity index (χ0v) is 8.47. The Balaban J connectivity index is 2.14. The van der Waals surface area contributed by atoms with E-state index < -0.39 is 6.36 Å². The van der Waals surface area contributed by atoms with E-state index in [1.165, 1.54) is 0 Å². The second-order valence-electron chi connectivity index (χ2n) is 3.93. The highest BCUT2D eigenvalue weighted by atomic mass is 19.4. The first-order chi connectivity index (χ1) is 6.40. The van der Waals surface area contributed by atoms with Crippen molar-refractivity contribution in [3.63, 3.8) is 0 Å². The van der Waals surface area contributed by atoms with E-state index in [-0.39, 0.29) is 6.61 Å². The Kier molecular flexibility index (Phi) is 3.78. The van der Waals surface area contributed by atoms with Crippen LogP contribution >= 0.6 is 0 Å². The van der Waals surface area contributed by atoms with E-state index in [2.05, 4.69) is 18.6 Å². The largest absolute Gasteiger partial charge is 0.522 e. The van der Waals surface area contributed by atoms with Crippen LogP contribution in [0.1, 0.15) is 20.3 Å². The average Bonchev–Trinajstić information content (AvgIpc) is 1.92. The zero-order chi connectivity index (χ0) is 10.8. The molecule has 0 aliphatic carbocycles. The lowest BCUT2D eigenvalue weighted by atomic mass is 9.92. The van der Waals surface area contributed by atoms with Gasteiger partial charge >= 0.3 is 6.36 Å². The summed E-state index contributed by atoms with van der Waals surface area (Å²) in [5.74, 6) is 0.509. The van der Waals surface area contributed by atoms with Crippen molar-refractivity contribution in [1.82, 2.24) is 4.90 Å². The molecule has 0 N–H and O–H groups in total. The third kappa shape index (κ3) is 3.46. The molecule has 0 unspecified atom stereocenters. The molecule has 0 aromatic carbocycles. The van der Waals surface area contributed by atoms with Gasteiger partial charge in [-0.3, -0.25) is 9.64 Å². The Morgan fingerprint density at radius 1 is 1.43 bits per heavy atom. The summed E-state index contributed by atoms with van der Waals surface area (Å²) >= 11 is 0.